The first-order valence-electron chi connectivity index (χ1n) is 7.21. The molecule has 122 valence electrons. The Balaban J connectivity index is 2.53. The van der Waals surface area contributed by atoms with Crippen molar-refractivity contribution in [3.05, 3.63) is 28.8 Å². The van der Waals surface area contributed by atoms with E-state index in [4.69, 9.17) is 4.74 Å². The molecule has 0 atom stereocenters. The number of hydrogen-bond donors (Lipinski definition) is 2. The number of carbonyl (C=O) groups excluding carboxylic acids is 2. The second-order valence-corrected chi connectivity index (χ2v) is 5.38. The highest BCUT2D eigenvalue weighted by atomic mass is 16.5. The summed E-state index contributed by atoms with van der Waals surface area (Å²) in [5, 5.41) is 4.60. The summed E-state index contributed by atoms with van der Waals surface area (Å²) >= 11 is 0. The zero-order valence-electron chi connectivity index (χ0n) is 13.9. The largest absolute Gasteiger partial charge is 0.496 e. The van der Waals surface area contributed by atoms with Gasteiger partial charge in [0, 0.05) is 26.6 Å². The predicted octanol–water partition coefficient (Wildman–Crippen LogP) is 1.59. The zero-order valence-corrected chi connectivity index (χ0v) is 13.9. The van der Waals surface area contributed by atoms with E-state index in [1.165, 1.54) is 12.6 Å². The molecule has 0 saturated carbocycles. The second-order valence-electron chi connectivity index (χ2n) is 5.38. The Labute approximate surface area is 131 Å². The number of urea groups is 1. The fraction of sp³-hybridized carbons (Fsp3) is 0.500. The molecule has 0 spiro atoms. The van der Waals surface area contributed by atoms with Gasteiger partial charge in [-0.3, -0.25) is 10.1 Å². The van der Waals surface area contributed by atoms with Gasteiger partial charge in [-0.2, -0.15) is 0 Å². The Morgan fingerprint density at radius 3 is 2.32 bits per heavy atom. The van der Waals surface area contributed by atoms with Crippen molar-refractivity contribution in [2.24, 2.45) is 0 Å². The molecule has 0 aromatic heterocycles. The summed E-state index contributed by atoms with van der Waals surface area (Å²) in [6.45, 7) is 5.35. The van der Waals surface area contributed by atoms with Crippen LogP contribution in [0, 0.1) is 13.8 Å². The highest BCUT2D eigenvalue weighted by Crippen LogP contribution is 2.24. The lowest BCUT2D eigenvalue weighted by Gasteiger charge is -2.18. The van der Waals surface area contributed by atoms with Gasteiger partial charge in [0.15, 0.2) is 0 Å². The third-order valence-corrected chi connectivity index (χ3v) is 3.38. The van der Waals surface area contributed by atoms with Gasteiger partial charge in [-0.05, 0) is 37.6 Å². The van der Waals surface area contributed by atoms with Gasteiger partial charge in [0.2, 0.25) is 5.91 Å². The molecular weight excluding hydrogens is 282 g/mol. The summed E-state index contributed by atoms with van der Waals surface area (Å²) in [4.78, 5) is 24.6. The van der Waals surface area contributed by atoms with Gasteiger partial charge >= 0.3 is 6.03 Å². The normalized spacial score (nSPS) is 10.5. The molecule has 1 aromatic carbocycles. The molecular formula is C16H25N3O3. The number of methoxy groups -OCH3 is 1. The summed E-state index contributed by atoms with van der Waals surface area (Å²) in [7, 11) is 5.09. The molecule has 0 bridgehead atoms. The van der Waals surface area contributed by atoms with Gasteiger partial charge in [-0.1, -0.05) is 12.1 Å². The van der Waals surface area contributed by atoms with Crippen LogP contribution < -0.4 is 15.4 Å². The van der Waals surface area contributed by atoms with E-state index in [9.17, 15) is 9.59 Å². The molecule has 22 heavy (non-hydrogen) atoms. The van der Waals surface area contributed by atoms with Crippen molar-refractivity contribution < 1.29 is 14.3 Å². The summed E-state index contributed by atoms with van der Waals surface area (Å²) in [6, 6.07) is 3.70. The Morgan fingerprint density at radius 2 is 1.82 bits per heavy atom. The van der Waals surface area contributed by atoms with E-state index in [1.54, 1.807) is 7.11 Å². The number of benzene rings is 1. The van der Waals surface area contributed by atoms with Gasteiger partial charge in [-0.25, -0.2) is 4.79 Å². The van der Waals surface area contributed by atoms with Crippen LogP contribution >= 0.6 is 0 Å². The number of nitrogens with one attached hydrogen (secondary N) is 2. The number of amides is 3. The molecule has 0 radical (unpaired) electrons. The number of imide groups is 1. The lowest BCUT2D eigenvalue weighted by molar-refractivity contribution is -0.120. The zero-order chi connectivity index (χ0) is 16.7. The highest BCUT2D eigenvalue weighted by Gasteiger charge is 2.10. The average Bonchev–Trinajstić information content (AvgIpc) is 2.44. The summed E-state index contributed by atoms with van der Waals surface area (Å²) in [5.41, 5.74) is 3.37. The van der Waals surface area contributed by atoms with Gasteiger partial charge in [-0.15, -0.1) is 0 Å². The maximum atomic E-state index is 11.5. The first-order chi connectivity index (χ1) is 10.4. The average molecular weight is 307 g/mol. The van der Waals surface area contributed by atoms with E-state index < -0.39 is 6.03 Å². The molecule has 0 aliphatic carbocycles. The Bertz CT molecular complexity index is 520. The quantitative estimate of drug-likeness (QED) is 0.837. The van der Waals surface area contributed by atoms with Crippen molar-refractivity contribution in [3.8, 4) is 5.75 Å². The van der Waals surface area contributed by atoms with E-state index in [0.29, 0.717) is 6.54 Å². The molecule has 0 aliphatic rings. The number of carbonyl (C=O) groups is 2. The molecule has 3 amide bonds. The molecule has 0 aliphatic heterocycles. The SMILES string of the molecule is CNC(=O)NC(=O)CCN(C)Cc1cc(C)c(OC)c(C)c1. The van der Waals surface area contributed by atoms with Gasteiger partial charge in [0.1, 0.15) is 5.75 Å². The maximum absolute atomic E-state index is 11.5. The van der Waals surface area contributed by atoms with E-state index in [2.05, 4.69) is 22.8 Å². The number of hydrogen-bond acceptors (Lipinski definition) is 4. The van der Waals surface area contributed by atoms with Crippen LogP contribution in [0.5, 0.6) is 5.75 Å². The minimum absolute atomic E-state index is 0.276. The molecule has 1 rings (SSSR count). The van der Waals surface area contributed by atoms with E-state index in [0.717, 1.165) is 23.4 Å². The smallest absolute Gasteiger partial charge is 0.321 e. The van der Waals surface area contributed by atoms with Gasteiger partial charge in [0.25, 0.3) is 0 Å². The molecule has 6 nitrogen and oxygen atoms in total. The molecule has 0 unspecified atom stereocenters. The number of nitrogens with zero attached hydrogens (tertiary/aromatic N) is 1. The van der Waals surface area contributed by atoms with Crippen LogP contribution in [0.15, 0.2) is 12.1 Å². The summed E-state index contributed by atoms with van der Waals surface area (Å²) in [5.74, 6) is 0.629. The third kappa shape index (κ3) is 5.37. The fourth-order valence-corrected chi connectivity index (χ4v) is 2.39. The summed E-state index contributed by atoms with van der Waals surface area (Å²) < 4.78 is 5.36. The van der Waals surface area contributed by atoms with E-state index in [-0.39, 0.29) is 12.3 Å². The maximum Gasteiger partial charge on any atom is 0.321 e. The molecule has 2 N–H and O–H groups in total. The Morgan fingerprint density at radius 1 is 1.23 bits per heavy atom. The fourth-order valence-electron chi connectivity index (χ4n) is 2.39. The van der Waals surface area contributed by atoms with Crippen LogP contribution in [0.4, 0.5) is 4.79 Å². The molecule has 6 heteroatoms. The highest BCUT2D eigenvalue weighted by molar-refractivity contribution is 5.94. The monoisotopic (exact) mass is 307 g/mol. The summed E-state index contributed by atoms with van der Waals surface area (Å²) in [6.07, 6.45) is 0.276. The Hall–Kier alpha value is -2.08. The Kier molecular flexibility index (Phi) is 6.85. The minimum atomic E-state index is -0.478. The predicted molar refractivity (Wildman–Crippen MR) is 86.0 cm³/mol. The molecule has 0 fully saturated rings. The van der Waals surface area contributed by atoms with Crippen LogP contribution in [-0.2, 0) is 11.3 Å². The number of aryl methyl sites for hydroxylation is 2. The van der Waals surface area contributed by atoms with Crippen molar-refractivity contribution in [2.75, 3.05) is 27.7 Å². The van der Waals surface area contributed by atoms with Crippen molar-refractivity contribution in [1.29, 1.82) is 0 Å². The third-order valence-electron chi connectivity index (χ3n) is 3.38. The molecule has 0 saturated heterocycles. The topological polar surface area (TPSA) is 70.7 Å². The van der Waals surface area contributed by atoms with Crippen LogP contribution in [0.1, 0.15) is 23.1 Å². The lowest BCUT2D eigenvalue weighted by atomic mass is 10.1. The van der Waals surface area contributed by atoms with Crippen molar-refractivity contribution in [3.63, 3.8) is 0 Å². The van der Waals surface area contributed by atoms with Crippen molar-refractivity contribution in [2.45, 2.75) is 26.8 Å². The van der Waals surface area contributed by atoms with Crippen LogP contribution in [0.2, 0.25) is 0 Å². The van der Waals surface area contributed by atoms with Crippen LogP contribution in [-0.4, -0.2) is 44.6 Å². The van der Waals surface area contributed by atoms with Crippen LogP contribution in [0.3, 0.4) is 0 Å². The second kappa shape index (κ2) is 8.38. The van der Waals surface area contributed by atoms with Crippen molar-refractivity contribution in [1.82, 2.24) is 15.5 Å². The van der Waals surface area contributed by atoms with Crippen molar-refractivity contribution >= 4 is 11.9 Å². The first kappa shape index (κ1) is 18.0. The van der Waals surface area contributed by atoms with Crippen LogP contribution in [0.25, 0.3) is 0 Å². The molecule has 0 heterocycles. The van der Waals surface area contributed by atoms with Gasteiger partial charge < -0.3 is 15.0 Å². The molecule has 1 aromatic rings. The lowest BCUT2D eigenvalue weighted by Crippen LogP contribution is -2.38. The first-order valence-corrected chi connectivity index (χ1v) is 7.21. The standard InChI is InChI=1S/C16H25N3O3/c1-11-8-13(9-12(2)15(11)22-5)10-19(4)7-6-14(20)18-16(21)17-3/h8-9H,6-7,10H2,1-5H3,(H2,17,18,20,21). The van der Waals surface area contributed by atoms with E-state index >= 15 is 0 Å². The number of ether oxygens (including phenoxy) is 1. The number of rotatable bonds is 6. The van der Waals surface area contributed by atoms with Gasteiger partial charge in [0.05, 0.1) is 7.11 Å². The van der Waals surface area contributed by atoms with E-state index in [1.807, 2.05) is 25.8 Å². The minimum Gasteiger partial charge on any atom is -0.496 e.